The van der Waals surface area contributed by atoms with Crippen molar-refractivity contribution in [3.8, 4) is 5.75 Å². The van der Waals surface area contributed by atoms with Crippen molar-refractivity contribution >= 4 is 5.96 Å². The highest BCUT2D eigenvalue weighted by Gasteiger charge is 2.24. The number of nitrogens with one attached hydrogen (secondary N) is 2. The molecule has 1 aliphatic rings. The van der Waals surface area contributed by atoms with Gasteiger partial charge in [0.1, 0.15) is 23.5 Å². The highest BCUT2D eigenvalue weighted by atomic mass is 16.5. The maximum atomic E-state index is 5.89. The normalized spacial score (nSPS) is 18.4. The van der Waals surface area contributed by atoms with Crippen LogP contribution in [-0.4, -0.2) is 40.4 Å². The molecule has 2 heterocycles. The average molecular weight is 342 g/mol. The van der Waals surface area contributed by atoms with Crippen molar-refractivity contribution in [3.63, 3.8) is 0 Å². The summed E-state index contributed by atoms with van der Waals surface area (Å²) in [4.78, 5) is 8.88. The fraction of sp³-hybridized carbons (Fsp3) is 0.500. The number of hydrogen-bond acceptors (Lipinski definition) is 4. The van der Waals surface area contributed by atoms with E-state index in [0.29, 0.717) is 6.54 Å². The average Bonchev–Trinajstić information content (AvgIpc) is 3.00. The van der Waals surface area contributed by atoms with E-state index >= 15 is 0 Å². The molecule has 1 aliphatic heterocycles. The summed E-state index contributed by atoms with van der Waals surface area (Å²) >= 11 is 0. The number of para-hydroxylation sites is 1. The predicted molar refractivity (Wildman–Crippen MR) is 97.8 cm³/mol. The summed E-state index contributed by atoms with van der Waals surface area (Å²) in [7, 11) is 1.77. The molecule has 7 nitrogen and oxygen atoms in total. The van der Waals surface area contributed by atoms with Gasteiger partial charge in [-0.2, -0.15) is 5.10 Å². The Bertz CT molecular complexity index is 712. The number of guanidine groups is 1. The second kappa shape index (κ2) is 8.00. The van der Waals surface area contributed by atoms with Gasteiger partial charge in [-0.25, -0.2) is 9.67 Å². The second-order valence-corrected chi connectivity index (χ2v) is 6.27. The maximum Gasteiger partial charge on any atom is 0.191 e. The summed E-state index contributed by atoms with van der Waals surface area (Å²) in [5, 5.41) is 11.2. The minimum atomic E-state index is 0.0261. The van der Waals surface area contributed by atoms with Crippen LogP contribution in [-0.2, 0) is 6.54 Å². The van der Waals surface area contributed by atoms with Gasteiger partial charge in [0, 0.05) is 13.6 Å². The van der Waals surface area contributed by atoms with Gasteiger partial charge < -0.3 is 15.4 Å². The van der Waals surface area contributed by atoms with Crippen LogP contribution in [0.5, 0.6) is 5.75 Å². The summed E-state index contributed by atoms with van der Waals surface area (Å²) < 4.78 is 7.88. The number of aryl methyl sites for hydroxylation is 2. The quantitative estimate of drug-likeness (QED) is 0.642. The molecule has 0 radical (unpaired) electrons. The Kier molecular flexibility index (Phi) is 5.53. The number of nitrogens with zero attached hydrogens (tertiary/aromatic N) is 4. The number of rotatable bonds is 5. The summed E-state index contributed by atoms with van der Waals surface area (Å²) in [5.41, 5.74) is 0. The van der Waals surface area contributed by atoms with E-state index in [1.807, 2.05) is 48.9 Å². The van der Waals surface area contributed by atoms with Crippen LogP contribution in [0.2, 0.25) is 0 Å². The van der Waals surface area contributed by atoms with Crippen LogP contribution in [0, 0.1) is 6.92 Å². The number of hydrogen-bond donors (Lipinski definition) is 2. The molecule has 2 aromatic rings. The van der Waals surface area contributed by atoms with Gasteiger partial charge in [0.15, 0.2) is 5.96 Å². The van der Waals surface area contributed by atoms with Gasteiger partial charge in [-0.3, -0.25) is 4.99 Å². The molecule has 1 aromatic carbocycles. The molecule has 0 fully saturated rings. The molecule has 2 N–H and O–H groups in total. The third-order valence-corrected chi connectivity index (χ3v) is 4.15. The minimum Gasteiger partial charge on any atom is -0.489 e. The highest BCUT2D eigenvalue weighted by molar-refractivity contribution is 5.80. The lowest BCUT2D eigenvalue weighted by Gasteiger charge is -2.25. The van der Waals surface area contributed by atoms with Crippen LogP contribution in [0.15, 0.2) is 35.3 Å². The molecule has 0 saturated carbocycles. The van der Waals surface area contributed by atoms with Gasteiger partial charge in [0.2, 0.25) is 0 Å². The molecule has 0 aliphatic carbocycles. The van der Waals surface area contributed by atoms with Crippen LogP contribution in [0.25, 0.3) is 0 Å². The minimum absolute atomic E-state index is 0.0261. The topological polar surface area (TPSA) is 76.4 Å². The first-order valence-corrected chi connectivity index (χ1v) is 8.76. The lowest BCUT2D eigenvalue weighted by atomic mass is 10.1. The molecule has 0 amide bonds. The number of fused-ring (bicyclic) bond motifs is 1. The van der Waals surface area contributed by atoms with Gasteiger partial charge in [0.05, 0.1) is 12.6 Å². The smallest absolute Gasteiger partial charge is 0.191 e. The number of aromatic nitrogens is 3. The monoisotopic (exact) mass is 342 g/mol. The summed E-state index contributed by atoms with van der Waals surface area (Å²) in [6.07, 6.45) is 2.13. The molecular weight excluding hydrogens is 316 g/mol. The first-order chi connectivity index (χ1) is 12.2. The Balaban J connectivity index is 1.53. The SMILES string of the molecule is CN=C(NCC(C)Oc1ccccc1)NC1CCCn2nc(C)nc21. The molecular formula is C18H26N6O. The van der Waals surface area contributed by atoms with Crippen molar-refractivity contribution in [2.45, 2.75) is 45.4 Å². The van der Waals surface area contributed by atoms with E-state index in [1.165, 1.54) is 0 Å². The van der Waals surface area contributed by atoms with Crippen LogP contribution in [0.3, 0.4) is 0 Å². The van der Waals surface area contributed by atoms with Crippen molar-refractivity contribution in [1.29, 1.82) is 0 Å². The van der Waals surface area contributed by atoms with Gasteiger partial charge in [-0.05, 0) is 38.8 Å². The molecule has 134 valence electrons. The number of ether oxygens (including phenoxy) is 1. The molecule has 0 bridgehead atoms. The van der Waals surface area contributed by atoms with Gasteiger partial charge in [-0.1, -0.05) is 18.2 Å². The number of aliphatic imine (C=N–C) groups is 1. The van der Waals surface area contributed by atoms with Gasteiger partial charge in [0.25, 0.3) is 0 Å². The fourth-order valence-corrected chi connectivity index (χ4v) is 2.98. The lowest BCUT2D eigenvalue weighted by molar-refractivity contribution is 0.223. The summed E-state index contributed by atoms with van der Waals surface area (Å²) in [6.45, 7) is 5.56. The predicted octanol–water partition coefficient (Wildman–Crippen LogP) is 2.05. The van der Waals surface area contributed by atoms with Crippen LogP contribution in [0.4, 0.5) is 0 Å². The zero-order valence-corrected chi connectivity index (χ0v) is 15.1. The molecule has 1 aromatic heterocycles. The molecule has 0 spiro atoms. The fourth-order valence-electron chi connectivity index (χ4n) is 2.98. The molecule has 25 heavy (non-hydrogen) atoms. The third kappa shape index (κ3) is 4.49. The Morgan fingerprint density at radius 2 is 2.20 bits per heavy atom. The number of benzene rings is 1. The van der Waals surface area contributed by atoms with E-state index in [4.69, 9.17) is 4.74 Å². The second-order valence-electron chi connectivity index (χ2n) is 6.27. The Morgan fingerprint density at radius 3 is 2.96 bits per heavy atom. The highest BCUT2D eigenvalue weighted by Crippen LogP contribution is 2.22. The summed E-state index contributed by atoms with van der Waals surface area (Å²) in [6, 6.07) is 9.97. The molecule has 2 atom stereocenters. The molecule has 2 unspecified atom stereocenters. The van der Waals surface area contributed by atoms with E-state index in [9.17, 15) is 0 Å². The Hall–Kier alpha value is -2.57. The summed E-state index contributed by atoms with van der Waals surface area (Å²) in [5.74, 6) is 3.43. The van der Waals surface area contributed by atoms with E-state index < -0.39 is 0 Å². The van der Waals surface area contributed by atoms with Crippen molar-refractivity contribution in [2.75, 3.05) is 13.6 Å². The third-order valence-electron chi connectivity index (χ3n) is 4.15. The Labute approximate surface area is 148 Å². The van der Waals surface area contributed by atoms with Gasteiger partial charge >= 0.3 is 0 Å². The van der Waals surface area contributed by atoms with Crippen molar-refractivity contribution < 1.29 is 4.74 Å². The maximum absolute atomic E-state index is 5.89. The van der Waals surface area contributed by atoms with E-state index in [0.717, 1.165) is 42.7 Å². The van der Waals surface area contributed by atoms with Crippen LogP contribution >= 0.6 is 0 Å². The van der Waals surface area contributed by atoms with E-state index in [2.05, 4.69) is 25.7 Å². The lowest BCUT2D eigenvalue weighted by Crippen LogP contribution is -2.44. The van der Waals surface area contributed by atoms with E-state index in [-0.39, 0.29) is 12.1 Å². The largest absolute Gasteiger partial charge is 0.489 e. The van der Waals surface area contributed by atoms with Crippen molar-refractivity contribution in [3.05, 3.63) is 42.0 Å². The van der Waals surface area contributed by atoms with Gasteiger partial charge in [-0.15, -0.1) is 0 Å². The first kappa shape index (κ1) is 17.3. The Morgan fingerprint density at radius 1 is 1.40 bits per heavy atom. The van der Waals surface area contributed by atoms with Crippen LogP contribution in [0.1, 0.15) is 37.5 Å². The molecule has 3 rings (SSSR count). The van der Waals surface area contributed by atoms with Crippen LogP contribution < -0.4 is 15.4 Å². The van der Waals surface area contributed by atoms with E-state index in [1.54, 1.807) is 7.05 Å². The standard InChI is InChI=1S/C18H26N6O/c1-13(25-15-8-5-4-6-9-15)12-20-18(19-3)22-16-10-7-11-24-17(16)21-14(2)23-24/h4-6,8-9,13,16H,7,10-12H2,1-3H3,(H2,19,20,22). The zero-order chi connectivity index (χ0) is 17.6. The molecule has 7 heteroatoms. The first-order valence-electron chi connectivity index (χ1n) is 8.76. The zero-order valence-electron chi connectivity index (χ0n) is 15.1. The van der Waals surface area contributed by atoms with Crippen molar-refractivity contribution in [2.24, 2.45) is 4.99 Å². The molecule has 0 saturated heterocycles. The van der Waals surface area contributed by atoms with Crippen molar-refractivity contribution in [1.82, 2.24) is 25.4 Å².